The molecule has 0 N–H and O–H groups in total. The molecule has 1 unspecified atom stereocenters. The normalized spacial score (nSPS) is 54.9. The van der Waals surface area contributed by atoms with E-state index in [9.17, 15) is 0 Å². The summed E-state index contributed by atoms with van der Waals surface area (Å²) in [6.45, 7) is 6.95. The van der Waals surface area contributed by atoms with E-state index in [0.29, 0.717) is 17.3 Å². The largest absolute Gasteiger partial charge is 0.348 e. The molecule has 2 nitrogen and oxygen atoms in total. The van der Waals surface area contributed by atoms with E-state index in [4.69, 9.17) is 8.92 Å². The minimum absolute atomic E-state index is 0.0615. The Morgan fingerprint density at radius 1 is 0.941 bits per heavy atom. The van der Waals surface area contributed by atoms with Gasteiger partial charge in [0.2, 0.25) is 0 Å². The second-order valence-corrected chi connectivity index (χ2v) is 7.38. The van der Waals surface area contributed by atoms with Crippen LogP contribution < -0.4 is 0 Å². The fraction of sp³-hybridized carbons (Fsp3) is 1.00. The molecule has 1 saturated carbocycles. The zero-order valence-electron chi connectivity index (χ0n) is 11.1. The Hall–Kier alpha value is 0.270. The maximum atomic E-state index is 6.11. The Bertz CT molecular complexity index is 283. The quantitative estimate of drug-likeness (QED) is 0.613. The number of rotatable bonds is 0. The number of hydrogen-bond acceptors (Lipinski definition) is 3. The van der Waals surface area contributed by atoms with Crippen LogP contribution in [0.4, 0.5) is 0 Å². The predicted molar refractivity (Wildman–Crippen MR) is 70.6 cm³/mol. The fourth-order valence-corrected chi connectivity index (χ4v) is 5.02. The van der Waals surface area contributed by atoms with Crippen LogP contribution in [0.15, 0.2) is 0 Å². The van der Waals surface area contributed by atoms with Gasteiger partial charge in [-0.2, -0.15) is 0 Å². The molecule has 0 bridgehead atoms. The van der Waals surface area contributed by atoms with E-state index >= 15 is 0 Å². The average Bonchev–Trinajstić information content (AvgIpc) is 2.47. The van der Waals surface area contributed by atoms with Crippen LogP contribution >= 0.6 is 12.0 Å². The van der Waals surface area contributed by atoms with Crippen molar-refractivity contribution in [3.8, 4) is 0 Å². The molecule has 2 aliphatic heterocycles. The lowest BCUT2D eigenvalue weighted by molar-refractivity contribution is -0.166. The van der Waals surface area contributed by atoms with Crippen LogP contribution in [-0.2, 0) is 8.92 Å². The third kappa shape index (κ3) is 2.15. The lowest BCUT2D eigenvalue weighted by Crippen LogP contribution is -2.47. The van der Waals surface area contributed by atoms with Gasteiger partial charge in [0.15, 0.2) is 6.29 Å². The lowest BCUT2D eigenvalue weighted by Gasteiger charge is -2.48. The first-order chi connectivity index (χ1) is 8.16. The van der Waals surface area contributed by atoms with Crippen molar-refractivity contribution in [3.05, 3.63) is 0 Å². The van der Waals surface area contributed by atoms with Crippen molar-refractivity contribution in [2.24, 2.45) is 23.7 Å². The smallest absolute Gasteiger partial charge is 0.174 e. The highest BCUT2D eigenvalue weighted by Gasteiger charge is 2.49. The van der Waals surface area contributed by atoms with Crippen molar-refractivity contribution in [1.29, 1.82) is 0 Å². The molecular weight excluding hydrogens is 232 g/mol. The van der Waals surface area contributed by atoms with Crippen LogP contribution in [0, 0.1) is 23.7 Å². The van der Waals surface area contributed by atoms with E-state index < -0.39 is 0 Å². The summed E-state index contributed by atoms with van der Waals surface area (Å²) in [6, 6.07) is 0. The van der Waals surface area contributed by atoms with Gasteiger partial charge in [-0.3, -0.25) is 4.18 Å². The Morgan fingerprint density at radius 3 is 2.53 bits per heavy atom. The highest BCUT2D eigenvalue weighted by Crippen LogP contribution is 2.52. The lowest BCUT2D eigenvalue weighted by atomic mass is 9.64. The maximum Gasteiger partial charge on any atom is 0.174 e. The van der Waals surface area contributed by atoms with Crippen molar-refractivity contribution in [2.45, 2.75) is 64.1 Å². The first kappa shape index (κ1) is 12.3. The van der Waals surface area contributed by atoms with Crippen molar-refractivity contribution < 1.29 is 8.92 Å². The molecule has 3 heteroatoms. The molecule has 98 valence electrons. The second-order valence-electron chi connectivity index (χ2n) is 6.25. The van der Waals surface area contributed by atoms with Crippen molar-refractivity contribution >= 4 is 12.0 Å². The number of hydrogen-bond donors (Lipinski definition) is 0. The van der Waals surface area contributed by atoms with Gasteiger partial charge in [-0.1, -0.05) is 20.3 Å². The molecular formula is C14H24O2S. The van der Waals surface area contributed by atoms with Crippen molar-refractivity contribution in [2.75, 3.05) is 0 Å². The third-order valence-electron chi connectivity index (χ3n) is 5.17. The summed E-state index contributed by atoms with van der Waals surface area (Å²) in [7, 11) is 0. The van der Waals surface area contributed by atoms with Crippen molar-refractivity contribution in [3.63, 3.8) is 0 Å². The molecule has 2 heterocycles. The van der Waals surface area contributed by atoms with Gasteiger partial charge in [0.1, 0.15) is 0 Å². The Balaban J connectivity index is 1.88. The highest BCUT2D eigenvalue weighted by atomic mass is 32.2. The van der Waals surface area contributed by atoms with Gasteiger partial charge in [-0.05, 0) is 56.0 Å². The van der Waals surface area contributed by atoms with Crippen LogP contribution in [0.2, 0.25) is 0 Å². The topological polar surface area (TPSA) is 18.5 Å². The van der Waals surface area contributed by atoms with Crippen molar-refractivity contribution in [1.82, 2.24) is 0 Å². The van der Waals surface area contributed by atoms with Gasteiger partial charge in [-0.25, -0.2) is 0 Å². The standard InChI is InChI=1S/C14H24O2S/c1-8-4-6-12-10(3)17-16-14-13(12)11(8)7-5-9(2)15-14/h8-14H,4-7H2,1-3H3/t8-,9+,10-,11?,12+,13-,14+/m1/s1. The Labute approximate surface area is 109 Å². The minimum atomic E-state index is 0.0615. The summed E-state index contributed by atoms with van der Waals surface area (Å²) in [5.41, 5.74) is 0. The first-order valence-corrected chi connectivity index (χ1v) is 7.95. The molecule has 17 heavy (non-hydrogen) atoms. The molecule has 0 aromatic carbocycles. The molecule has 3 fully saturated rings. The summed E-state index contributed by atoms with van der Waals surface area (Å²) in [4.78, 5) is 0. The first-order valence-electron chi connectivity index (χ1n) is 7.14. The predicted octanol–water partition coefficient (Wildman–Crippen LogP) is 3.86. The molecule has 0 aromatic heterocycles. The van der Waals surface area contributed by atoms with Gasteiger partial charge < -0.3 is 4.74 Å². The molecule has 3 rings (SSSR count). The highest BCUT2D eigenvalue weighted by molar-refractivity contribution is 7.95. The molecule has 3 aliphatic rings. The van der Waals surface area contributed by atoms with Crippen LogP contribution in [0.3, 0.4) is 0 Å². The Morgan fingerprint density at radius 2 is 1.71 bits per heavy atom. The SMILES string of the molecule is C[C@@H]1CC[C@@H]2[C@H]3C1CC[C@H](C)O[C@H]3OS[C@@H]2C. The van der Waals surface area contributed by atoms with E-state index in [1.807, 2.05) is 0 Å². The van der Waals surface area contributed by atoms with Crippen LogP contribution in [0.25, 0.3) is 0 Å². The fourth-order valence-electron chi connectivity index (χ4n) is 4.10. The van der Waals surface area contributed by atoms with E-state index in [1.54, 1.807) is 12.0 Å². The molecule has 7 atom stereocenters. The molecule has 2 saturated heterocycles. The van der Waals surface area contributed by atoms with Crippen LogP contribution in [0.5, 0.6) is 0 Å². The van der Waals surface area contributed by atoms with Gasteiger partial charge in [0, 0.05) is 11.2 Å². The van der Waals surface area contributed by atoms with Gasteiger partial charge in [0.05, 0.1) is 6.10 Å². The summed E-state index contributed by atoms with van der Waals surface area (Å²) < 4.78 is 12.0. The summed E-state index contributed by atoms with van der Waals surface area (Å²) >= 11 is 1.66. The molecule has 0 spiro atoms. The van der Waals surface area contributed by atoms with E-state index in [0.717, 1.165) is 17.8 Å². The molecule has 1 aliphatic carbocycles. The third-order valence-corrected chi connectivity index (χ3v) is 6.12. The summed E-state index contributed by atoms with van der Waals surface area (Å²) in [5, 5.41) is 0.642. The zero-order valence-corrected chi connectivity index (χ0v) is 11.9. The molecule has 0 radical (unpaired) electrons. The minimum Gasteiger partial charge on any atom is -0.348 e. The molecule has 0 aromatic rings. The molecule has 0 amide bonds. The summed E-state index contributed by atoms with van der Waals surface area (Å²) in [5.74, 6) is 3.14. The van der Waals surface area contributed by atoms with Gasteiger partial charge in [0.25, 0.3) is 0 Å². The maximum absolute atomic E-state index is 6.11. The monoisotopic (exact) mass is 256 g/mol. The van der Waals surface area contributed by atoms with Gasteiger partial charge in [-0.15, -0.1) is 0 Å². The van der Waals surface area contributed by atoms with E-state index in [1.165, 1.54) is 25.7 Å². The zero-order chi connectivity index (χ0) is 12.0. The van der Waals surface area contributed by atoms with E-state index in [2.05, 4.69) is 20.8 Å². The van der Waals surface area contributed by atoms with Gasteiger partial charge >= 0.3 is 0 Å². The van der Waals surface area contributed by atoms with Crippen LogP contribution in [0.1, 0.15) is 46.5 Å². The second kappa shape index (κ2) is 4.75. The Kier molecular flexibility index (Phi) is 3.44. The number of ether oxygens (including phenoxy) is 1. The average molecular weight is 256 g/mol. The van der Waals surface area contributed by atoms with Crippen LogP contribution in [-0.4, -0.2) is 17.6 Å². The summed E-state index contributed by atoms with van der Waals surface area (Å²) in [6.07, 6.45) is 5.74. The van der Waals surface area contributed by atoms with E-state index in [-0.39, 0.29) is 6.29 Å².